The highest BCUT2D eigenvalue weighted by atomic mass is 16.5. The van der Waals surface area contributed by atoms with E-state index in [2.05, 4.69) is 4.74 Å². The predicted octanol–water partition coefficient (Wildman–Crippen LogP) is 0.147. The fourth-order valence-electron chi connectivity index (χ4n) is 1.48. The molecule has 0 saturated heterocycles. The monoisotopic (exact) mass is 236 g/mol. The zero-order valence-electron chi connectivity index (χ0n) is 9.76. The van der Waals surface area contributed by atoms with E-state index in [1.807, 2.05) is 30.3 Å². The Labute approximate surface area is 100 Å². The van der Waals surface area contributed by atoms with Gasteiger partial charge in [-0.3, -0.25) is 14.5 Å². The van der Waals surface area contributed by atoms with Crippen LogP contribution in [0.5, 0.6) is 0 Å². The standard InChI is InChI=1S/C12H16N2O3/c1-17-12(16)9-14(8-11(13)15)7-10-5-3-2-4-6-10/h2-6H,7-9H2,1H3,(H2,13,15). The van der Waals surface area contributed by atoms with Crippen molar-refractivity contribution >= 4 is 11.9 Å². The third-order valence-corrected chi connectivity index (χ3v) is 2.21. The maximum atomic E-state index is 11.2. The number of primary amides is 1. The molecule has 0 saturated carbocycles. The largest absolute Gasteiger partial charge is 0.468 e. The second-order valence-electron chi connectivity index (χ2n) is 3.67. The van der Waals surface area contributed by atoms with Crippen molar-refractivity contribution < 1.29 is 14.3 Å². The summed E-state index contributed by atoms with van der Waals surface area (Å²) in [6.07, 6.45) is 0. The average Bonchev–Trinajstić information content (AvgIpc) is 2.29. The van der Waals surface area contributed by atoms with Crippen molar-refractivity contribution in [3.8, 4) is 0 Å². The summed E-state index contributed by atoms with van der Waals surface area (Å²) in [7, 11) is 1.31. The molecule has 0 spiro atoms. The summed E-state index contributed by atoms with van der Waals surface area (Å²) in [4.78, 5) is 23.7. The molecule has 0 radical (unpaired) electrons. The van der Waals surface area contributed by atoms with Crippen molar-refractivity contribution in [3.05, 3.63) is 35.9 Å². The molecule has 0 atom stereocenters. The van der Waals surface area contributed by atoms with Crippen LogP contribution in [0.1, 0.15) is 5.56 Å². The SMILES string of the molecule is COC(=O)CN(CC(N)=O)Cc1ccccc1. The van der Waals surface area contributed by atoms with Crippen molar-refractivity contribution in [3.63, 3.8) is 0 Å². The molecular formula is C12H16N2O3. The first-order valence-electron chi connectivity index (χ1n) is 5.23. The fourth-order valence-corrected chi connectivity index (χ4v) is 1.48. The molecule has 5 heteroatoms. The second-order valence-corrected chi connectivity index (χ2v) is 3.67. The molecule has 92 valence electrons. The molecule has 1 aromatic carbocycles. The van der Waals surface area contributed by atoms with Gasteiger partial charge in [-0.05, 0) is 5.56 Å². The molecule has 1 amide bonds. The van der Waals surface area contributed by atoms with Crippen molar-refractivity contribution in [2.45, 2.75) is 6.54 Å². The van der Waals surface area contributed by atoms with Crippen LogP contribution in [-0.4, -0.2) is 37.0 Å². The summed E-state index contributed by atoms with van der Waals surface area (Å²) < 4.78 is 4.57. The normalized spacial score (nSPS) is 10.2. The minimum atomic E-state index is -0.468. The highest BCUT2D eigenvalue weighted by Crippen LogP contribution is 2.04. The van der Waals surface area contributed by atoms with Gasteiger partial charge < -0.3 is 10.5 Å². The topological polar surface area (TPSA) is 72.6 Å². The van der Waals surface area contributed by atoms with Gasteiger partial charge in [0.25, 0.3) is 0 Å². The molecule has 17 heavy (non-hydrogen) atoms. The van der Waals surface area contributed by atoms with Gasteiger partial charge in [0.1, 0.15) is 0 Å². The van der Waals surface area contributed by atoms with Gasteiger partial charge in [-0.1, -0.05) is 30.3 Å². The maximum Gasteiger partial charge on any atom is 0.319 e. The minimum Gasteiger partial charge on any atom is -0.468 e. The second kappa shape index (κ2) is 6.65. The molecule has 1 rings (SSSR count). The number of benzene rings is 1. The van der Waals surface area contributed by atoms with Crippen LogP contribution in [0.3, 0.4) is 0 Å². The Kier molecular flexibility index (Phi) is 5.16. The van der Waals surface area contributed by atoms with Gasteiger partial charge in [0.2, 0.25) is 5.91 Å². The van der Waals surface area contributed by atoms with Gasteiger partial charge in [-0.25, -0.2) is 0 Å². The number of nitrogens with zero attached hydrogens (tertiary/aromatic N) is 1. The molecule has 0 bridgehead atoms. The summed E-state index contributed by atoms with van der Waals surface area (Å²) in [6.45, 7) is 0.567. The quantitative estimate of drug-likeness (QED) is 0.713. The van der Waals surface area contributed by atoms with Crippen molar-refractivity contribution in [2.24, 2.45) is 5.73 Å². The van der Waals surface area contributed by atoms with Gasteiger partial charge in [-0.2, -0.15) is 0 Å². The number of hydrogen-bond donors (Lipinski definition) is 1. The van der Waals surface area contributed by atoms with Crippen molar-refractivity contribution in [1.29, 1.82) is 0 Å². The number of esters is 1. The maximum absolute atomic E-state index is 11.2. The smallest absolute Gasteiger partial charge is 0.319 e. The Balaban J connectivity index is 2.63. The van der Waals surface area contributed by atoms with E-state index in [-0.39, 0.29) is 19.1 Å². The number of amides is 1. The molecular weight excluding hydrogens is 220 g/mol. The van der Waals surface area contributed by atoms with Crippen LogP contribution in [0.4, 0.5) is 0 Å². The van der Waals surface area contributed by atoms with E-state index in [0.717, 1.165) is 5.56 Å². The third kappa shape index (κ3) is 5.12. The van der Waals surface area contributed by atoms with Crippen molar-refractivity contribution in [2.75, 3.05) is 20.2 Å². The molecule has 0 aliphatic rings. The van der Waals surface area contributed by atoms with Crippen molar-refractivity contribution in [1.82, 2.24) is 4.90 Å². The molecule has 0 fully saturated rings. The highest BCUT2D eigenvalue weighted by Gasteiger charge is 2.13. The fraction of sp³-hybridized carbons (Fsp3) is 0.333. The number of nitrogens with two attached hydrogens (primary N) is 1. The van der Waals surface area contributed by atoms with E-state index in [4.69, 9.17) is 5.73 Å². The van der Waals surface area contributed by atoms with E-state index in [0.29, 0.717) is 6.54 Å². The van der Waals surface area contributed by atoms with Gasteiger partial charge >= 0.3 is 5.97 Å². The lowest BCUT2D eigenvalue weighted by Gasteiger charge is -2.19. The number of carbonyl (C=O) groups is 2. The summed E-state index contributed by atoms with van der Waals surface area (Å²) in [5, 5.41) is 0. The number of ether oxygens (including phenoxy) is 1. The summed E-state index contributed by atoms with van der Waals surface area (Å²) >= 11 is 0. The molecule has 5 nitrogen and oxygen atoms in total. The Hall–Kier alpha value is -1.88. The van der Waals surface area contributed by atoms with Crippen LogP contribution in [0, 0.1) is 0 Å². The van der Waals surface area contributed by atoms with Crippen LogP contribution >= 0.6 is 0 Å². The molecule has 2 N–H and O–H groups in total. The Morgan fingerprint density at radius 2 is 1.88 bits per heavy atom. The lowest BCUT2D eigenvalue weighted by Crippen LogP contribution is -2.37. The minimum absolute atomic E-state index is 0.0317. The summed E-state index contributed by atoms with van der Waals surface area (Å²) in [6, 6.07) is 9.55. The zero-order valence-corrected chi connectivity index (χ0v) is 9.76. The first-order chi connectivity index (χ1) is 8.11. The van der Waals surface area contributed by atoms with E-state index in [1.54, 1.807) is 4.90 Å². The predicted molar refractivity (Wildman–Crippen MR) is 62.9 cm³/mol. The van der Waals surface area contributed by atoms with Crippen LogP contribution < -0.4 is 5.73 Å². The van der Waals surface area contributed by atoms with Gasteiger partial charge in [0.05, 0.1) is 20.2 Å². The van der Waals surface area contributed by atoms with Gasteiger partial charge in [-0.15, -0.1) is 0 Å². The molecule has 0 heterocycles. The molecule has 0 aromatic heterocycles. The van der Waals surface area contributed by atoms with E-state index in [1.165, 1.54) is 7.11 Å². The summed E-state index contributed by atoms with van der Waals surface area (Å²) in [5.74, 6) is -0.855. The lowest BCUT2D eigenvalue weighted by molar-refractivity contribution is -0.142. The van der Waals surface area contributed by atoms with Crippen LogP contribution in [0.2, 0.25) is 0 Å². The van der Waals surface area contributed by atoms with Gasteiger partial charge in [0, 0.05) is 6.54 Å². The Bertz CT molecular complexity index is 379. The molecule has 1 aromatic rings. The highest BCUT2D eigenvalue weighted by molar-refractivity contribution is 5.77. The van der Waals surface area contributed by atoms with E-state index >= 15 is 0 Å². The lowest BCUT2D eigenvalue weighted by atomic mass is 10.2. The Morgan fingerprint density at radius 1 is 1.24 bits per heavy atom. The first kappa shape index (κ1) is 13.2. The van der Waals surface area contributed by atoms with Crippen LogP contribution in [0.25, 0.3) is 0 Å². The third-order valence-electron chi connectivity index (χ3n) is 2.21. The van der Waals surface area contributed by atoms with Gasteiger partial charge in [0.15, 0.2) is 0 Å². The molecule has 0 unspecified atom stereocenters. The van der Waals surface area contributed by atoms with E-state index < -0.39 is 5.91 Å². The number of hydrogen-bond acceptors (Lipinski definition) is 4. The number of rotatable bonds is 6. The van der Waals surface area contributed by atoms with Crippen LogP contribution in [-0.2, 0) is 20.9 Å². The summed E-state index contributed by atoms with van der Waals surface area (Å²) in [5.41, 5.74) is 6.14. The number of methoxy groups -OCH3 is 1. The average molecular weight is 236 g/mol. The molecule has 0 aliphatic heterocycles. The number of carbonyl (C=O) groups excluding carboxylic acids is 2. The Morgan fingerprint density at radius 3 is 2.41 bits per heavy atom. The molecule has 0 aliphatic carbocycles. The first-order valence-corrected chi connectivity index (χ1v) is 5.23. The van der Waals surface area contributed by atoms with E-state index in [9.17, 15) is 9.59 Å². The van der Waals surface area contributed by atoms with Crippen LogP contribution in [0.15, 0.2) is 30.3 Å². The zero-order chi connectivity index (χ0) is 12.7.